The predicted molar refractivity (Wildman–Crippen MR) is 110 cm³/mol. The molecule has 0 atom stereocenters. The van der Waals surface area contributed by atoms with Gasteiger partial charge < -0.3 is 15.2 Å². The highest BCUT2D eigenvalue weighted by Crippen LogP contribution is 2.25. The van der Waals surface area contributed by atoms with Crippen LogP contribution in [0.4, 0.5) is 4.39 Å². The first-order chi connectivity index (χ1) is 13.8. The molecule has 3 rings (SSSR count). The molecular weight excluding hydrogens is 371 g/mol. The van der Waals surface area contributed by atoms with E-state index in [2.05, 4.69) is 11.4 Å². The molecule has 2 aromatic rings. The van der Waals surface area contributed by atoms with Crippen molar-refractivity contribution in [3.63, 3.8) is 0 Å². The Morgan fingerprint density at radius 3 is 2.66 bits per heavy atom. The van der Waals surface area contributed by atoms with Gasteiger partial charge in [-0.05, 0) is 56.0 Å². The molecule has 0 bridgehead atoms. The number of carbonyl (C=O) groups is 1. The Labute approximate surface area is 171 Å². The zero-order valence-corrected chi connectivity index (χ0v) is 17.1. The summed E-state index contributed by atoms with van der Waals surface area (Å²) in [4.78, 5) is 14.2. The van der Waals surface area contributed by atoms with Crippen LogP contribution in [0.15, 0.2) is 42.5 Å². The van der Waals surface area contributed by atoms with Gasteiger partial charge in [-0.2, -0.15) is 0 Å². The maximum Gasteiger partial charge on any atom is 0.234 e. The molecule has 1 aliphatic heterocycles. The van der Waals surface area contributed by atoms with Crippen LogP contribution in [-0.4, -0.2) is 47.8 Å². The quantitative estimate of drug-likeness (QED) is 0.750. The highest BCUT2D eigenvalue weighted by atomic mass is 19.1. The number of aliphatic hydroxyl groups is 1. The lowest BCUT2D eigenvalue weighted by Gasteiger charge is -2.37. The number of nitrogens with one attached hydrogen (secondary N) is 1. The molecule has 0 saturated carbocycles. The van der Waals surface area contributed by atoms with Crippen LogP contribution in [-0.2, 0) is 11.3 Å². The maximum absolute atomic E-state index is 13.2. The Balaban J connectivity index is 1.41. The zero-order chi connectivity index (χ0) is 20.9. The molecule has 1 saturated heterocycles. The molecule has 0 unspecified atom stereocenters. The van der Waals surface area contributed by atoms with Crippen molar-refractivity contribution >= 4 is 5.91 Å². The Hall–Kier alpha value is -2.44. The standard InChI is InChI=1S/C23H29FN2O3/c1-17-6-7-21(18(2)12-17)29-16-23(28)8-10-26(11-9-23)15-22(27)25-14-19-4-3-5-20(24)13-19/h3-7,12-13,28H,8-11,14-16H2,1-2H3,(H,25,27). The molecule has 1 fully saturated rings. The summed E-state index contributed by atoms with van der Waals surface area (Å²) in [5.74, 6) is 0.379. The fourth-order valence-corrected chi connectivity index (χ4v) is 3.55. The Morgan fingerprint density at radius 1 is 1.21 bits per heavy atom. The largest absolute Gasteiger partial charge is 0.490 e. The average Bonchev–Trinajstić information content (AvgIpc) is 2.68. The third-order valence-electron chi connectivity index (χ3n) is 5.36. The number of piperidine rings is 1. The summed E-state index contributed by atoms with van der Waals surface area (Å²) in [5.41, 5.74) is 2.08. The van der Waals surface area contributed by atoms with Crippen molar-refractivity contribution in [1.29, 1.82) is 0 Å². The van der Waals surface area contributed by atoms with E-state index in [-0.39, 0.29) is 24.9 Å². The number of benzene rings is 2. The lowest BCUT2D eigenvalue weighted by Crippen LogP contribution is -2.50. The van der Waals surface area contributed by atoms with Crippen LogP contribution in [0.3, 0.4) is 0 Å². The van der Waals surface area contributed by atoms with Crippen molar-refractivity contribution in [1.82, 2.24) is 10.2 Å². The summed E-state index contributed by atoms with van der Waals surface area (Å²) in [7, 11) is 0. The second-order valence-corrected chi connectivity index (χ2v) is 7.96. The first kappa shape index (κ1) is 21.3. The van der Waals surface area contributed by atoms with Crippen LogP contribution in [0, 0.1) is 19.7 Å². The van der Waals surface area contributed by atoms with Crippen LogP contribution in [0.5, 0.6) is 5.75 Å². The van der Waals surface area contributed by atoms with E-state index in [0.29, 0.717) is 32.5 Å². The van der Waals surface area contributed by atoms with E-state index in [9.17, 15) is 14.3 Å². The third-order valence-corrected chi connectivity index (χ3v) is 5.36. The monoisotopic (exact) mass is 400 g/mol. The number of rotatable bonds is 7. The summed E-state index contributed by atoms with van der Waals surface area (Å²) >= 11 is 0. The topological polar surface area (TPSA) is 61.8 Å². The lowest BCUT2D eigenvalue weighted by atomic mass is 9.92. The second-order valence-electron chi connectivity index (χ2n) is 7.96. The fraction of sp³-hybridized carbons (Fsp3) is 0.435. The van der Waals surface area contributed by atoms with Gasteiger partial charge in [-0.1, -0.05) is 29.8 Å². The van der Waals surface area contributed by atoms with Crippen molar-refractivity contribution in [2.45, 2.75) is 38.8 Å². The fourth-order valence-electron chi connectivity index (χ4n) is 3.55. The van der Waals surface area contributed by atoms with E-state index in [1.807, 2.05) is 30.9 Å². The highest BCUT2D eigenvalue weighted by molar-refractivity contribution is 5.78. The Kier molecular flexibility index (Phi) is 6.87. The van der Waals surface area contributed by atoms with Crippen LogP contribution in [0.2, 0.25) is 0 Å². The van der Waals surface area contributed by atoms with Crippen LogP contribution in [0.25, 0.3) is 0 Å². The number of aryl methyl sites for hydroxylation is 2. The van der Waals surface area contributed by atoms with Crippen molar-refractivity contribution in [2.75, 3.05) is 26.2 Å². The van der Waals surface area contributed by atoms with E-state index in [0.717, 1.165) is 16.9 Å². The number of carbonyl (C=O) groups excluding carboxylic acids is 1. The number of amides is 1. The molecule has 1 amide bonds. The maximum atomic E-state index is 13.2. The average molecular weight is 400 g/mol. The summed E-state index contributed by atoms with van der Waals surface area (Å²) in [6.07, 6.45) is 1.10. The molecule has 156 valence electrons. The van der Waals surface area contributed by atoms with Crippen LogP contribution >= 0.6 is 0 Å². The molecule has 1 heterocycles. The third kappa shape index (κ3) is 6.27. The molecule has 5 nitrogen and oxygen atoms in total. The minimum absolute atomic E-state index is 0.105. The summed E-state index contributed by atoms with van der Waals surface area (Å²) in [6.45, 7) is 6.10. The zero-order valence-electron chi connectivity index (χ0n) is 17.1. The number of likely N-dealkylation sites (tertiary alicyclic amines) is 1. The number of hydrogen-bond donors (Lipinski definition) is 2. The van der Waals surface area contributed by atoms with Gasteiger partial charge in [-0.3, -0.25) is 9.69 Å². The van der Waals surface area contributed by atoms with E-state index in [1.54, 1.807) is 12.1 Å². The molecule has 2 N–H and O–H groups in total. The molecule has 29 heavy (non-hydrogen) atoms. The van der Waals surface area contributed by atoms with E-state index < -0.39 is 5.60 Å². The van der Waals surface area contributed by atoms with Crippen molar-refractivity contribution in [3.05, 3.63) is 65.0 Å². The van der Waals surface area contributed by atoms with Gasteiger partial charge in [0.05, 0.1) is 6.54 Å². The van der Waals surface area contributed by atoms with Gasteiger partial charge in [0.15, 0.2) is 0 Å². The van der Waals surface area contributed by atoms with Crippen molar-refractivity contribution in [3.8, 4) is 5.75 Å². The van der Waals surface area contributed by atoms with Crippen molar-refractivity contribution in [2.24, 2.45) is 0 Å². The van der Waals surface area contributed by atoms with E-state index in [4.69, 9.17) is 4.74 Å². The summed E-state index contributed by atoms with van der Waals surface area (Å²) in [5, 5.41) is 13.6. The number of ether oxygens (including phenoxy) is 1. The van der Waals surface area contributed by atoms with Gasteiger partial charge in [-0.15, -0.1) is 0 Å². The second kappa shape index (κ2) is 9.37. The van der Waals surface area contributed by atoms with Crippen molar-refractivity contribution < 1.29 is 19.0 Å². The molecular formula is C23H29FN2O3. The van der Waals surface area contributed by atoms with Gasteiger partial charge in [0, 0.05) is 19.6 Å². The molecule has 6 heteroatoms. The van der Waals surface area contributed by atoms with Gasteiger partial charge in [0.2, 0.25) is 5.91 Å². The van der Waals surface area contributed by atoms with Gasteiger partial charge in [0.25, 0.3) is 0 Å². The molecule has 0 aliphatic carbocycles. The summed E-state index contributed by atoms with van der Waals surface area (Å²) < 4.78 is 19.1. The smallest absolute Gasteiger partial charge is 0.234 e. The first-order valence-corrected chi connectivity index (χ1v) is 9.99. The van der Waals surface area contributed by atoms with Gasteiger partial charge in [-0.25, -0.2) is 4.39 Å². The minimum Gasteiger partial charge on any atom is -0.490 e. The normalized spacial score (nSPS) is 16.4. The van der Waals surface area contributed by atoms with E-state index >= 15 is 0 Å². The number of nitrogens with zero attached hydrogens (tertiary/aromatic N) is 1. The molecule has 1 aliphatic rings. The van der Waals surface area contributed by atoms with Gasteiger partial charge >= 0.3 is 0 Å². The Bertz CT molecular complexity index is 848. The first-order valence-electron chi connectivity index (χ1n) is 9.99. The molecule has 0 radical (unpaired) electrons. The highest BCUT2D eigenvalue weighted by Gasteiger charge is 2.33. The van der Waals surface area contributed by atoms with Crippen LogP contribution in [0.1, 0.15) is 29.5 Å². The van der Waals surface area contributed by atoms with Crippen LogP contribution < -0.4 is 10.1 Å². The molecule has 0 aromatic heterocycles. The molecule has 0 spiro atoms. The summed E-state index contributed by atoms with van der Waals surface area (Å²) in [6, 6.07) is 12.2. The van der Waals surface area contributed by atoms with E-state index in [1.165, 1.54) is 17.7 Å². The van der Waals surface area contributed by atoms with Gasteiger partial charge in [0.1, 0.15) is 23.8 Å². The number of hydrogen-bond acceptors (Lipinski definition) is 4. The lowest BCUT2D eigenvalue weighted by molar-refractivity contribution is -0.124. The predicted octanol–water partition coefficient (Wildman–Crippen LogP) is 2.96. The number of halogens is 1. The SMILES string of the molecule is Cc1ccc(OCC2(O)CCN(CC(=O)NCc3cccc(F)c3)CC2)c(C)c1. The Morgan fingerprint density at radius 2 is 1.97 bits per heavy atom. The molecule has 2 aromatic carbocycles. The minimum atomic E-state index is -0.883.